The Morgan fingerprint density at radius 3 is 1.82 bits per heavy atom. The lowest BCUT2D eigenvalue weighted by atomic mass is 10.00. The van der Waals surface area contributed by atoms with E-state index >= 15 is 0 Å². The zero-order valence-electron chi connectivity index (χ0n) is 36.5. The van der Waals surface area contributed by atoms with Gasteiger partial charge in [0.05, 0.1) is 0 Å². The molecule has 0 radical (unpaired) electrons. The van der Waals surface area contributed by atoms with Crippen LogP contribution in [-0.2, 0) is 52.8 Å². The van der Waals surface area contributed by atoms with Crippen LogP contribution >= 0.6 is 25.3 Å². The lowest BCUT2D eigenvalue weighted by Crippen LogP contribution is -2.61. The molecule has 4 rings (SSSR count). The summed E-state index contributed by atoms with van der Waals surface area (Å²) >= 11 is 8.41. The lowest BCUT2D eigenvalue weighted by Gasteiger charge is -2.28. The summed E-state index contributed by atoms with van der Waals surface area (Å²) in [7, 11) is 0. The summed E-state index contributed by atoms with van der Waals surface area (Å²) < 4.78 is 0. The summed E-state index contributed by atoms with van der Waals surface area (Å²) in [5, 5.41) is 27.0. The Bertz CT molecular complexity index is 2220. The number of aromatic nitrogens is 1. The van der Waals surface area contributed by atoms with Crippen LogP contribution in [0.15, 0.2) is 85.1 Å². The zero-order chi connectivity index (χ0) is 47.5. The topological polar surface area (TPSA) is 280 Å². The maximum absolute atomic E-state index is 14.5. The highest BCUT2D eigenvalue weighted by atomic mass is 32.1. The Morgan fingerprint density at radius 2 is 1.18 bits per heavy atom. The number of fused-ring (bicyclic) bond motifs is 1. The van der Waals surface area contributed by atoms with Gasteiger partial charge < -0.3 is 53.5 Å². The van der Waals surface area contributed by atoms with E-state index in [9.17, 15) is 38.7 Å². The van der Waals surface area contributed by atoms with Gasteiger partial charge in [0.2, 0.25) is 41.4 Å². The fourth-order valence-corrected chi connectivity index (χ4v) is 7.53. The molecule has 1 heterocycles. The number of hydrogen-bond donors (Lipinski definition) is 12. The third-order valence-electron chi connectivity index (χ3n) is 10.7. The van der Waals surface area contributed by atoms with E-state index in [4.69, 9.17) is 11.5 Å². The molecule has 6 atom stereocenters. The number of carbonyl (C=O) groups is 7. The number of para-hydroxylation sites is 1. The molecule has 17 nitrogen and oxygen atoms in total. The monoisotopic (exact) mass is 931 g/mol. The van der Waals surface area contributed by atoms with E-state index in [1.54, 1.807) is 56.4 Å². The van der Waals surface area contributed by atoms with Crippen molar-refractivity contribution < 1.29 is 38.7 Å². The number of amides is 7. The number of hydrogen-bond acceptors (Lipinski definition) is 11. The van der Waals surface area contributed by atoms with Crippen molar-refractivity contribution in [3.63, 3.8) is 0 Å². The predicted molar refractivity (Wildman–Crippen MR) is 255 cm³/mol. The number of primary amides is 1. The standard InChI is InChI=1S/C46H61N9O8S2/c1-27(2)40(46(63)54-38(26-65)45(62)52-35(41(48)58)22-28-10-4-3-5-11-28)55-42(59)34(14-8-9-20-47)51-44(61)37(24-30-25-49-33-13-7-6-12-32(30)33)53-43(60)36(50-39(57)19-21-64)23-29-15-17-31(56)18-16-29/h3-7,10-13,15-18,25,27,34-38,40,49,56,64-65H,8-9,14,19-24,26,47H2,1-2H3,(H2,48,58)(H,50,57)(H,51,61)(H,52,62)(H,53,60)(H,54,63)(H,55,59). The zero-order valence-corrected chi connectivity index (χ0v) is 38.3. The van der Waals surface area contributed by atoms with E-state index in [0.29, 0.717) is 30.5 Å². The average Bonchev–Trinajstić information content (AvgIpc) is 3.69. The molecule has 65 heavy (non-hydrogen) atoms. The molecule has 0 saturated carbocycles. The van der Waals surface area contributed by atoms with Crippen molar-refractivity contribution in [2.45, 2.75) is 95.0 Å². The van der Waals surface area contributed by atoms with Gasteiger partial charge in [-0.15, -0.1) is 0 Å². The smallest absolute Gasteiger partial charge is 0.244 e. The van der Waals surface area contributed by atoms with E-state index in [-0.39, 0.29) is 49.4 Å². The highest BCUT2D eigenvalue weighted by molar-refractivity contribution is 7.80. The number of nitrogens with one attached hydrogen (secondary N) is 7. The second-order valence-corrected chi connectivity index (χ2v) is 16.9. The number of aromatic hydroxyl groups is 1. The molecule has 0 spiro atoms. The molecule has 1 aromatic heterocycles. The maximum atomic E-state index is 14.5. The van der Waals surface area contributed by atoms with E-state index in [1.807, 2.05) is 30.3 Å². The third kappa shape index (κ3) is 16.2. The highest BCUT2D eigenvalue weighted by Crippen LogP contribution is 2.20. The van der Waals surface area contributed by atoms with Gasteiger partial charge in [-0.1, -0.05) is 74.5 Å². The lowest BCUT2D eigenvalue weighted by molar-refractivity contribution is -0.135. The minimum Gasteiger partial charge on any atom is -0.508 e. The minimum absolute atomic E-state index is 0.0125. The van der Waals surface area contributed by atoms with Crippen LogP contribution in [0.3, 0.4) is 0 Å². The Kier molecular flexibility index (Phi) is 20.7. The molecule has 3 aromatic carbocycles. The van der Waals surface area contributed by atoms with E-state index in [2.05, 4.69) is 62.1 Å². The summed E-state index contributed by atoms with van der Waals surface area (Å²) in [5.74, 6) is -5.10. The van der Waals surface area contributed by atoms with Crippen LogP contribution in [-0.4, -0.2) is 106 Å². The molecule has 0 saturated heterocycles. The molecule has 0 fully saturated rings. The molecule has 6 unspecified atom stereocenters. The summed E-state index contributed by atoms with van der Waals surface area (Å²) in [6.45, 7) is 3.71. The molecule has 350 valence electrons. The molecule has 12 N–H and O–H groups in total. The quantitative estimate of drug-likeness (QED) is 0.0319. The normalized spacial score (nSPS) is 13.9. The van der Waals surface area contributed by atoms with Crippen molar-refractivity contribution in [3.8, 4) is 5.75 Å². The van der Waals surface area contributed by atoms with Crippen LogP contribution in [0.1, 0.15) is 56.2 Å². The predicted octanol–water partition coefficient (Wildman–Crippen LogP) is 1.33. The second kappa shape index (κ2) is 26.0. The molecular formula is C46H61N9O8S2. The largest absolute Gasteiger partial charge is 0.508 e. The number of benzene rings is 3. The van der Waals surface area contributed by atoms with Gasteiger partial charge in [0.1, 0.15) is 42.0 Å². The average molecular weight is 932 g/mol. The van der Waals surface area contributed by atoms with Crippen LogP contribution < -0.4 is 43.4 Å². The van der Waals surface area contributed by atoms with Crippen LogP contribution in [0.5, 0.6) is 5.75 Å². The number of aromatic amines is 1. The molecule has 19 heteroatoms. The van der Waals surface area contributed by atoms with Gasteiger partial charge in [-0.25, -0.2) is 0 Å². The van der Waals surface area contributed by atoms with Crippen molar-refractivity contribution in [2.24, 2.45) is 17.4 Å². The van der Waals surface area contributed by atoms with Crippen molar-refractivity contribution >= 4 is 77.5 Å². The molecule has 0 aliphatic rings. The highest BCUT2D eigenvalue weighted by Gasteiger charge is 2.34. The van der Waals surface area contributed by atoms with Gasteiger partial charge in [-0.05, 0) is 72.4 Å². The first-order valence-corrected chi connectivity index (χ1v) is 22.8. The van der Waals surface area contributed by atoms with Gasteiger partial charge in [0.15, 0.2) is 0 Å². The number of rotatable bonds is 26. The number of phenolic OH excluding ortho intramolecular Hbond substituents is 1. The fourth-order valence-electron chi connectivity index (χ4n) is 7.07. The molecule has 0 aliphatic carbocycles. The summed E-state index contributed by atoms with van der Waals surface area (Å²) in [5.41, 5.74) is 14.3. The van der Waals surface area contributed by atoms with Crippen LogP contribution in [0, 0.1) is 5.92 Å². The number of H-pyrrole nitrogens is 1. The first-order chi connectivity index (χ1) is 31.1. The Balaban J connectivity index is 1.56. The molecule has 0 aliphatic heterocycles. The summed E-state index contributed by atoms with van der Waals surface area (Å²) in [4.78, 5) is 98.3. The molecule has 4 aromatic rings. The van der Waals surface area contributed by atoms with Gasteiger partial charge in [-0.3, -0.25) is 33.6 Å². The van der Waals surface area contributed by atoms with Crippen molar-refractivity contribution in [1.82, 2.24) is 36.9 Å². The number of phenols is 1. The third-order valence-corrected chi connectivity index (χ3v) is 11.3. The molecule has 7 amide bonds. The number of thiol groups is 2. The number of carbonyl (C=O) groups excluding carboxylic acids is 7. The fraction of sp³-hybridized carbons (Fsp3) is 0.413. The number of unbranched alkanes of at least 4 members (excludes halogenated alkanes) is 1. The van der Waals surface area contributed by atoms with Gasteiger partial charge in [0.25, 0.3) is 0 Å². The Morgan fingerprint density at radius 1 is 0.631 bits per heavy atom. The van der Waals surface area contributed by atoms with Crippen LogP contribution in [0.2, 0.25) is 0 Å². The molecule has 0 bridgehead atoms. The van der Waals surface area contributed by atoms with Gasteiger partial charge >= 0.3 is 0 Å². The van der Waals surface area contributed by atoms with Crippen molar-refractivity contribution in [3.05, 3.63) is 102 Å². The van der Waals surface area contributed by atoms with Crippen LogP contribution in [0.4, 0.5) is 0 Å². The van der Waals surface area contributed by atoms with Crippen LogP contribution in [0.25, 0.3) is 10.9 Å². The molecular weight excluding hydrogens is 871 g/mol. The number of nitrogens with two attached hydrogens (primary N) is 2. The van der Waals surface area contributed by atoms with E-state index < -0.39 is 83.5 Å². The maximum Gasteiger partial charge on any atom is 0.244 e. The SMILES string of the molecule is CC(C)C(NC(=O)C(CCCCN)NC(=O)C(Cc1c[nH]c2ccccc12)NC(=O)C(Cc1ccc(O)cc1)NC(=O)CCS)C(=O)NC(CS)C(=O)NC(Cc1ccccc1)C(N)=O. The van der Waals surface area contributed by atoms with E-state index in [0.717, 1.165) is 16.5 Å². The minimum atomic E-state index is -1.26. The first-order valence-electron chi connectivity index (χ1n) is 21.5. The summed E-state index contributed by atoms with van der Waals surface area (Å²) in [6, 6.07) is 15.5. The van der Waals surface area contributed by atoms with Crippen molar-refractivity contribution in [1.29, 1.82) is 0 Å². The van der Waals surface area contributed by atoms with Gasteiger partial charge in [0, 0.05) is 48.5 Å². The summed E-state index contributed by atoms with van der Waals surface area (Å²) in [6.07, 6.45) is 2.96. The second-order valence-electron chi connectivity index (χ2n) is 16.1. The Labute approximate surface area is 389 Å². The van der Waals surface area contributed by atoms with Crippen molar-refractivity contribution in [2.75, 3.05) is 18.1 Å². The first kappa shape index (κ1) is 51.6. The Hall–Kier alpha value is -6.05. The van der Waals surface area contributed by atoms with Gasteiger partial charge in [-0.2, -0.15) is 25.3 Å². The van der Waals surface area contributed by atoms with E-state index in [1.165, 1.54) is 12.1 Å².